The van der Waals surface area contributed by atoms with Crippen LogP contribution in [0.1, 0.15) is 41.0 Å². The Kier molecular flexibility index (Phi) is 3.54. The Balaban J connectivity index is 3.06. The molecule has 2 atom stereocenters. The van der Waals surface area contributed by atoms with Crippen molar-refractivity contribution in [2.75, 3.05) is 0 Å². The smallest absolute Gasteiger partial charge is 0.0233 e. The predicted molar refractivity (Wildman–Crippen MR) is 68.1 cm³/mol. The van der Waals surface area contributed by atoms with Crippen LogP contribution in [-0.4, -0.2) is 6.21 Å². The van der Waals surface area contributed by atoms with Gasteiger partial charge in [0.1, 0.15) is 0 Å². The summed E-state index contributed by atoms with van der Waals surface area (Å²) in [5.41, 5.74) is 0.245. The van der Waals surface area contributed by atoms with E-state index in [9.17, 15) is 0 Å². The van der Waals surface area contributed by atoms with Gasteiger partial charge in [-0.3, -0.25) is 4.99 Å². The zero-order valence-corrected chi connectivity index (χ0v) is 10.6. The van der Waals surface area contributed by atoms with Crippen LogP contribution in [-0.2, 0) is 0 Å². The first-order valence-electron chi connectivity index (χ1n) is 5.84. The van der Waals surface area contributed by atoms with Crippen LogP contribution in [0.25, 0.3) is 0 Å². The maximum absolute atomic E-state index is 4.38. The Bertz CT molecular complexity index is 298. The molecule has 2 unspecified atom stereocenters. The summed E-state index contributed by atoms with van der Waals surface area (Å²) in [6.07, 6.45) is 11.9. The van der Waals surface area contributed by atoms with Crippen molar-refractivity contribution in [3.8, 4) is 0 Å². The first kappa shape index (κ1) is 12.2. The fourth-order valence-corrected chi connectivity index (χ4v) is 1.48. The molecule has 0 saturated carbocycles. The minimum absolute atomic E-state index is 0.112. The molecule has 0 aromatic carbocycles. The fraction of sp³-hybridized carbons (Fsp3) is 0.643. The molecule has 0 aromatic heterocycles. The van der Waals surface area contributed by atoms with Crippen LogP contribution in [0.15, 0.2) is 29.4 Å². The van der Waals surface area contributed by atoms with Crippen molar-refractivity contribution >= 4 is 6.21 Å². The van der Waals surface area contributed by atoms with Crippen LogP contribution < -0.4 is 0 Å². The van der Waals surface area contributed by atoms with E-state index >= 15 is 0 Å². The molecule has 0 aliphatic carbocycles. The average molecular weight is 205 g/mol. The molecule has 0 aromatic rings. The molecule has 0 saturated heterocycles. The average Bonchev–Trinajstić information content (AvgIpc) is 2.19. The van der Waals surface area contributed by atoms with Crippen molar-refractivity contribution in [3.63, 3.8) is 0 Å². The summed E-state index contributed by atoms with van der Waals surface area (Å²) < 4.78 is 0. The molecule has 0 fully saturated rings. The molecule has 1 heteroatoms. The van der Waals surface area contributed by atoms with Gasteiger partial charge in [0, 0.05) is 23.2 Å². The second kappa shape index (κ2) is 4.34. The van der Waals surface area contributed by atoms with E-state index in [1.165, 1.54) is 0 Å². The maximum atomic E-state index is 4.38. The standard InChI is InChI=1S/C14H23N/c1-6-13(4)7-8-14(5,12(2)3)9-10-15-11-13/h7-12H,6H2,1-5H3/b8-7-,10-9-,15-11?. The predicted octanol–water partition coefficient (Wildman–Crippen LogP) is 4.22. The molecule has 1 nitrogen and oxygen atoms in total. The molecule has 84 valence electrons. The lowest BCUT2D eigenvalue weighted by atomic mass is 9.76. The van der Waals surface area contributed by atoms with E-state index in [0.717, 1.165) is 6.42 Å². The molecule has 0 bridgehead atoms. The van der Waals surface area contributed by atoms with Gasteiger partial charge in [-0.2, -0.15) is 0 Å². The van der Waals surface area contributed by atoms with Crippen molar-refractivity contribution in [1.82, 2.24) is 0 Å². The number of aliphatic imine (C=N–C) groups is 1. The first-order chi connectivity index (χ1) is 6.92. The van der Waals surface area contributed by atoms with Gasteiger partial charge in [0.15, 0.2) is 0 Å². The Morgan fingerprint density at radius 2 is 1.80 bits per heavy atom. The van der Waals surface area contributed by atoms with Gasteiger partial charge in [-0.1, -0.05) is 52.8 Å². The van der Waals surface area contributed by atoms with E-state index in [0.29, 0.717) is 5.92 Å². The molecule has 15 heavy (non-hydrogen) atoms. The highest BCUT2D eigenvalue weighted by molar-refractivity contribution is 5.69. The van der Waals surface area contributed by atoms with Crippen molar-refractivity contribution in [1.29, 1.82) is 0 Å². The molecule has 0 amide bonds. The molecule has 0 N–H and O–H groups in total. The van der Waals surface area contributed by atoms with Gasteiger partial charge < -0.3 is 0 Å². The highest BCUT2D eigenvalue weighted by atomic mass is 14.7. The molecule has 1 rings (SSSR count). The Morgan fingerprint density at radius 1 is 1.13 bits per heavy atom. The summed E-state index contributed by atoms with van der Waals surface area (Å²) in [6.45, 7) is 11.2. The summed E-state index contributed by atoms with van der Waals surface area (Å²) in [7, 11) is 0. The van der Waals surface area contributed by atoms with Gasteiger partial charge in [-0.25, -0.2) is 0 Å². The summed E-state index contributed by atoms with van der Waals surface area (Å²) in [5.74, 6) is 0.597. The van der Waals surface area contributed by atoms with E-state index in [4.69, 9.17) is 0 Å². The van der Waals surface area contributed by atoms with Gasteiger partial charge in [0.05, 0.1) is 0 Å². The molecular formula is C14H23N. The molecule has 0 radical (unpaired) electrons. The highest BCUT2D eigenvalue weighted by Crippen LogP contribution is 2.34. The van der Waals surface area contributed by atoms with Crippen molar-refractivity contribution < 1.29 is 0 Å². The lowest BCUT2D eigenvalue weighted by Gasteiger charge is -2.30. The van der Waals surface area contributed by atoms with Crippen molar-refractivity contribution in [2.24, 2.45) is 21.7 Å². The van der Waals surface area contributed by atoms with Crippen LogP contribution in [0.5, 0.6) is 0 Å². The SMILES string of the molecule is CCC1(C)C=N/C=C\C(C)(C(C)C)/C=C\1. The quantitative estimate of drug-likeness (QED) is 0.598. The lowest BCUT2D eigenvalue weighted by Crippen LogP contribution is -2.22. The number of hydrogen-bond acceptors (Lipinski definition) is 1. The summed E-state index contributed by atoms with van der Waals surface area (Å²) in [4.78, 5) is 4.38. The monoisotopic (exact) mass is 205 g/mol. The molecule has 0 spiro atoms. The van der Waals surface area contributed by atoms with E-state index in [-0.39, 0.29) is 10.8 Å². The van der Waals surface area contributed by atoms with Crippen molar-refractivity contribution in [2.45, 2.75) is 41.0 Å². The van der Waals surface area contributed by atoms with Gasteiger partial charge in [-0.15, -0.1) is 0 Å². The van der Waals surface area contributed by atoms with Gasteiger partial charge in [0.25, 0.3) is 0 Å². The summed E-state index contributed by atoms with van der Waals surface area (Å²) >= 11 is 0. The number of rotatable bonds is 2. The molecule has 1 heterocycles. The van der Waals surface area contributed by atoms with Crippen LogP contribution in [0.2, 0.25) is 0 Å². The summed E-state index contributed by atoms with van der Waals surface area (Å²) in [5, 5.41) is 0. The lowest BCUT2D eigenvalue weighted by molar-refractivity contribution is 0.377. The van der Waals surface area contributed by atoms with E-state index < -0.39 is 0 Å². The highest BCUT2D eigenvalue weighted by Gasteiger charge is 2.25. The third-order valence-corrected chi connectivity index (χ3v) is 3.72. The summed E-state index contributed by atoms with van der Waals surface area (Å²) in [6, 6.07) is 0. The normalized spacial score (nSPS) is 39.9. The van der Waals surface area contributed by atoms with Crippen LogP contribution >= 0.6 is 0 Å². The Hall–Kier alpha value is -0.850. The minimum Gasteiger partial charge on any atom is -0.268 e. The third-order valence-electron chi connectivity index (χ3n) is 3.72. The number of allylic oxidation sites excluding steroid dienone is 3. The third kappa shape index (κ3) is 2.80. The largest absolute Gasteiger partial charge is 0.268 e. The van der Waals surface area contributed by atoms with Crippen molar-refractivity contribution in [3.05, 3.63) is 24.4 Å². The maximum Gasteiger partial charge on any atom is 0.0233 e. The van der Waals surface area contributed by atoms with Gasteiger partial charge >= 0.3 is 0 Å². The fourth-order valence-electron chi connectivity index (χ4n) is 1.48. The van der Waals surface area contributed by atoms with Gasteiger partial charge in [0.2, 0.25) is 0 Å². The Morgan fingerprint density at radius 3 is 2.33 bits per heavy atom. The van der Waals surface area contributed by atoms with Crippen LogP contribution in [0, 0.1) is 16.7 Å². The topological polar surface area (TPSA) is 12.4 Å². The molecular weight excluding hydrogens is 182 g/mol. The van der Waals surface area contributed by atoms with E-state index in [1.807, 2.05) is 12.4 Å². The van der Waals surface area contributed by atoms with Crippen LogP contribution in [0.3, 0.4) is 0 Å². The second-order valence-corrected chi connectivity index (χ2v) is 5.31. The number of hydrogen-bond donors (Lipinski definition) is 0. The van der Waals surface area contributed by atoms with E-state index in [2.05, 4.69) is 57.8 Å². The van der Waals surface area contributed by atoms with Gasteiger partial charge in [-0.05, 0) is 12.3 Å². The van der Waals surface area contributed by atoms with Crippen LogP contribution in [0.4, 0.5) is 0 Å². The number of nitrogens with zero attached hydrogens (tertiary/aromatic N) is 1. The molecule has 1 aliphatic heterocycles. The first-order valence-corrected chi connectivity index (χ1v) is 5.84. The zero-order chi connectivity index (χ0) is 11.5. The minimum atomic E-state index is 0.112. The second-order valence-electron chi connectivity index (χ2n) is 5.31. The zero-order valence-electron chi connectivity index (χ0n) is 10.6. The Labute approximate surface area is 94.0 Å². The van der Waals surface area contributed by atoms with E-state index in [1.54, 1.807) is 0 Å². The molecule has 1 aliphatic rings.